The third-order valence-electron chi connectivity index (χ3n) is 5.97. The molecule has 1 N–H and O–H groups in total. The van der Waals surface area contributed by atoms with Gasteiger partial charge >= 0.3 is 0 Å². The van der Waals surface area contributed by atoms with E-state index in [0.29, 0.717) is 35.9 Å². The number of amides is 1. The number of nitrogens with zero attached hydrogens (tertiary/aromatic N) is 1. The predicted octanol–water partition coefficient (Wildman–Crippen LogP) is 5.09. The quantitative estimate of drug-likeness (QED) is 0.787. The van der Waals surface area contributed by atoms with E-state index in [1.807, 2.05) is 22.7 Å². The van der Waals surface area contributed by atoms with E-state index in [-0.39, 0.29) is 12.0 Å². The number of halogens is 2. The van der Waals surface area contributed by atoms with Gasteiger partial charge in [-0.25, -0.2) is 4.39 Å². The molecular formula is C21H26ClFN2O2. The number of ether oxygens (including phenoxy) is 1. The Balaban J connectivity index is 1.53. The minimum atomic E-state index is -1.05. The zero-order valence-electron chi connectivity index (χ0n) is 15.6. The summed E-state index contributed by atoms with van der Waals surface area (Å²) in [5.74, 6) is 0.207. The van der Waals surface area contributed by atoms with Gasteiger partial charge in [-0.15, -0.1) is 0 Å². The fraction of sp³-hybridized carbons (Fsp3) is 0.571. The standard InChI is InChI=1S/C21H26ClFN2O2/c1-21(23)8-6-14(7-9-21)13-24-20(26)15-12-17(18-5-3-11-27-18)25-10-2-4-16(22)19(15)25/h2,4,10,12,14,18H,3,5-9,11,13H2,1H3,(H,24,26). The highest BCUT2D eigenvalue weighted by molar-refractivity contribution is 6.34. The van der Waals surface area contributed by atoms with Crippen molar-refractivity contribution in [3.8, 4) is 0 Å². The van der Waals surface area contributed by atoms with Crippen molar-refractivity contribution in [1.29, 1.82) is 0 Å². The molecule has 27 heavy (non-hydrogen) atoms. The number of hydrogen-bond donors (Lipinski definition) is 1. The van der Waals surface area contributed by atoms with Crippen LogP contribution in [-0.2, 0) is 4.74 Å². The second kappa shape index (κ2) is 7.44. The molecule has 6 heteroatoms. The van der Waals surface area contributed by atoms with E-state index in [1.54, 1.807) is 13.0 Å². The molecule has 146 valence electrons. The lowest BCUT2D eigenvalue weighted by atomic mass is 9.81. The zero-order valence-corrected chi connectivity index (χ0v) is 16.4. The fourth-order valence-electron chi connectivity index (χ4n) is 4.29. The summed E-state index contributed by atoms with van der Waals surface area (Å²) in [4.78, 5) is 12.9. The number of rotatable bonds is 4. The van der Waals surface area contributed by atoms with Crippen LogP contribution < -0.4 is 5.32 Å². The van der Waals surface area contributed by atoms with Gasteiger partial charge in [0.05, 0.1) is 27.9 Å². The van der Waals surface area contributed by atoms with Crippen LogP contribution in [-0.4, -0.2) is 29.1 Å². The van der Waals surface area contributed by atoms with E-state index in [0.717, 1.165) is 43.5 Å². The number of aromatic nitrogens is 1. The molecule has 3 heterocycles. The summed E-state index contributed by atoms with van der Waals surface area (Å²) in [6, 6.07) is 5.59. The van der Waals surface area contributed by atoms with Crippen LogP contribution in [0.4, 0.5) is 4.39 Å². The first-order valence-corrected chi connectivity index (χ1v) is 10.2. The summed E-state index contributed by atoms with van der Waals surface area (Å²) in [6.45, 7) is 2.99. The Morgan fingerprint density at radius 2 is 2.19 bits per heavy atom. The summed E-state index contributed by atoms with van der Waals surface area (Å²) >= 11 is 6.42. The van der Waals surface area contributed by atoms with Crippen LogP contribution >= 0.6 is 11.6 Å². The molecule has 1 unspecified atom stereocenters. The highest BCUT2D eigenvalue weighted by atomic mass is 35.5. The average Bonchev–Trinajstić information content (AvgIpc) is 3.28. The molecule has 2 aromatic heterocycles. The molecule has 2 aromatic rings. The lowest BCUT2D eigenvalue weighted by Crippen LogP contribution is -2.34. The van der Waals surface area contributed by atoms with Gasteiger partial charge < -0.3 is 14.5 Å². The summed E-state index contributed by atoms with van der Waals surface area (Å²) in [5, 5.41) is 3.60. The van der Waals surface area contributed by atoms with Crippen molar-refractivity contribution < 1.29 is 13.9 Å². The van der Waals surface area contributed by atoms with Crippen molar-refractivity contribution in [3.05, 3.63) is 40.7 Å². The molecule has 1 saturated heterocycles. The van der Waals surface area contributed by atoms with E-state index in [2.05, 4.69) is 5.32 Å². The Morgan fingerprint density at radius 1 is 1.41 bits per heavy atom. The van der Waals surface area contributed by atoms with Gasteiger partial charge in [-0.05, 0) is 69.6 Å². The Hall–Kier alpha value is -1.59. The number of fused-ring (bicyclic) bond motifs is 1. The predicted molar refractivity (Wildman–Crippen MR) is 104 cm³/mol. The fourth-order valence-corrected chi connectivity index (χ4v) is 4.56. The molecule has 0 aromatic carbocycles. The van der Waals surface area contributed by atoms with Gasteiger partial charge in [-0.3, -0.25) is 4.79 Å². The van der Waals surface area contributed by atoms with Gasteiger partial charge in [0, 0.05) is 19.3 Å². The lowest BCUT2D eigenvalue weighted by molar-refractivity contribution is 0.0894. The van der Waals surface area contributed by atoms with E-state index in [4.69, 9.17) is 16.3 Å². The van der Waals surface area contributed by atoms with E-state index in [1.165, 1.54) is 0 Å². The molecule has 1 atom stereocenters. The smallest absolute Gasteiger partial charge is 0.253 e. The van der Waals surface area contributed by atoms with Crippen LogP contribution in [0.15, 0.2) is 24.4 Å². The van der Waals surface area contributed by atoms with Gasteiger partial charge in [-0.2, -0.15) is 0 Å². The monoisotopic (exact) mass is 392 g/mol. The number of nitrogens with one attached hydrogen (secondary N) is 1. The SMILES string of the molecule is CC1(F)CCC(CNC(=O)c2cc(C3CCCO3)n3cccc(Cl)c23)CC1. The number of carbonyl (C=O) groups is 1. The number of carbonyl (C=O) groups excluding carboxylic acids is 1. The van der Waals surface area contributed by atoms with Crippen LogP contribution in [0, 0.1) is 5.92 Å². The van der Waals surface area contributed by atoms with Crippen LogP contribution in [0.3, 0.4) is 0 Å². The molecule has 2 aliphatic rings. The Morgan fingerprint density at radius 3 is 2.89 bits per heavy atom. The normalized spacial score (nSPS) is 28.6. The maximum atomic E-state index is 14.0. The van der Waals surface area contributed by atoms with Crippen LogP contribution in [0.5, 0.6) is 0 Å². The number of pyridine rings is 1. The van der Waals surface area contributed by atoms with Crippen LogP contribution in [0.25, 0.3) is 5.52 Å². The van der Waals surface area contributed by atoms with Crippen LogP contribution in [0.2, 0.25) is 5.02 Å². The molecule has 4 rings (SSSR count). The van der Waals surface area contributed by atoms with Gasteiger partial charge in [-0.1, -0.05) is 11.6 Å². The summed E-state index contributed by atoms with van der Waals surface area (Å²) in [5.41, 5.74) is 1.23. The number of hydrogen-bond acceptors (Lipinski definition) is 2. The Bertz CT molecular complexity index is 832. The average molecular weight is 393 g/mol. The number of alkyl halides is 1. The van der Waals surface area contributed by atoms with E-state index in [9.17, 15) is 9.18 Å². The highest BCUT2D eigenvalue weighted by Gasteiger charge is 2.31. The van der Waals surface area contributed by atoms with Crippen molar-refractivity contribution in [2.45, 2.75) is 57.2 Å². The van der Waals surface area contributed by atoms with Crippen molar-refractivity contribution in [1.82, 2.24) is 9.72 Å². The van der Waals surface area contributed by atoms with Crippen molar-refractivity contribution >= 4 is 23.0 Å². The molecular weight excluding hydrogens is 367 g/mol. The van der Waals surface area contributed by atoms with Gasteiger partial charge in [0.1, 0.15) is 5.67 Å². The summed E-state index contributed by atoms with van der Waals surface area (Å²) < 4.78 is 21.8. The van der Waals surface area contributed by atoms with Crippen molar-refractivity contribution in [2.24, 2.45) is 5.92 Å². The maximum Gasteiger partial charge on any atom is 0.253 e. The van der Waals surface area contributed by atoms with E-state index < -0.39 is 5.67 Å². The topological polar surface area (TPSA) is 42.7 Å². The molecule has 2 fully saturated rings. The third-order valence-corrected chi connectivity index (χ3v) is 6.28. The lowest BCUT2D eigenvalue weighted by Gasteiger charge is -2.31. The van der Waals surface area contributed by atoms with Crippen molar-refractivity contribution in [3.63, 3.8) is 0 Å². The molecule has 0 spiro atoms. The summed E-state index contributed by atoms with van der Waals surface area (Å²) in [6.07, 6.45) is 6.65. The second-order valence-corrected chi connectivity index (χ2v) is 8.53. The molecule has 0 radical (unpaired) electrons. The maximum absolute atomic E-state index is 14.0. The highest BCUT2D eigenvalue weighted by Crippen LogP contribution is 2.35. The molecule has 1 saturated carbocycles. The minimum Gasteiger partial charge on any atom is -0.372 e. The second-order valence-electron chi connectivity index (χ2n) is 8.13. The molecule has 0 bridgehead atoms. The summed E-state index contributed by atoms with van der Waals surface area (Å²) in [7, 11) is 0. The minimum absolute atomic E-state index is 0.00177. The zero-order chi connectivity index (χ0) is 19.0. The first-order chi connectivity index (χ1) is 12.9. The molecule has 1 amide bonds. The van der Waals surface area contributed by atoms with Gasteiger partial charge in [0.25, 0.3) is 5.91 Å². The largest absolute Gasteiger partial charge is 0.372 e. The van der Waals surface area contributed by atoms with Crippen LogP contribution in [0.1, 0.15) is 67.6 Å². The van der Waals surface area contributed by atoms with Crippen molar-refractivity contribution in [2.75, 3.05) is 13.2 Å². The first kappa shape index (κ1) is 18.8. The Kier molecular flexibility index (Phi) is 5.17. The molecule has 4 nitrogen and oxygen atoms in total. The van der Waals surface area contributed by atoms with E-state index >= 15 is 0 Å². The Labute approximate surface area is 164 Å². The van der Waals surface area contributed by atoms with Gasteiger partial charge in [0.2, 0.25) is 0 Å². The van der Waals surface area contributed by atoms with Gasteiger partial charge in [0.15, 0.2) is 0 Å². The first-order valence-electron chi connectivity index (χ1n) is 9.83. The molecule has 1 aliphatic carbocycles. The molecule has 1 aliphatic heterocycles. The third kappa shape index (κ3) is 3.85.